The third-order valence-corrected chi connectivity index (χ3v) is 3.36. The molecular weight excluding hydrogens is 212 g/mol. The lowest BCUT2D eigenvalue weighted by molar-refractivity contribution is -0.132. The Morgan fingerprint density at radius 1 is 1.73 bits per heavy atom. The molecule has 4 nitrogen and oxygen atoms in total. The van der Waals surface area contributed by atoms with Crippen LogP contribution in [0.4, 0.5) is 0 Å². The van der Waals surface area contributed by atoms with Gasteiger partial charge in [0, 0.05) is 13.1 Å². The summed E-state index contributed by atoms with van der Waals surface area (Å²) in [5.41, 5.74) is 5.06. The van der Waals surface area contributed by atoms with Gasteiger partial charge in [-0.05, 0) is 31.8 Å². The van der Waals surface area contributed by atoms with Crippen LogP contribution in [0.25, 0.3) is 0 Å². The molecule has 3 N–H and O–H groups in total. The highest BCUT2D eigenvalue weighted by Gasteiger charge is 2.35. The molecule has 5 heteroatoms. The van der Waals surface area contributed by atoms with Crippen LogP contribution >= 0.6 is 11.8 Å². The van der Waals surface area contributed by atoms with Gasteiger partial charge in [0.05, 0.1) is 11.6 Å². The maximum Gasteiger partial charge on any atom is 0.239 e. The van der Waals surface area contributed by atoms with Gasteiger partial charge in [0.2, 0.25) is 5.91 Å². The number of likely N-dealkylation sites (tertiary alicyclic amines) is 1. The van der Waals surface area contributed by atoms with Crippen molar-refractivity contribution in [3.8, 4) is 0 Å². The maximum atomic E-state index is 11.8. The van der Waals surface area contributed by atoms with E-state index in [2.05, 4.69) is 0 Å². The Labute approximate surface area is 95.2 Å². The van der Waals surface area contributed by atoms with E-state index >= 15 is 0 Å². The number of hydrogen-bond acceptors (Lipinski definition) is 4. The fourth-order valence-electron chi connectivity index (χ4n) is 1.74. The largest absolute Gasteiger partial charge is 0.388 e. The summed E-state index contributed by atoms with van der Waals surface area (Å²) < 4.78 is 0. The van der Waals surface area contributed by atoms with Crippen LogP contribution in [0.5, 0.6) is 0 Å². The Bertz CT molecular complexity index is 233. The van der Waals surface area contributed by atoms with E-state index in [0.717, 1.165) is 5.75 Å². The zero-order valence-corrected chi connectivity index (χ0v) is 10.2. The van der Waals surface area contributed by atoms with Crippen LogP contribution in [0.15, 0.2) is 0 Å². The SMILES string of the molecule is CSCC[C@H](N)C(=O)N1CCC(C)(O)C1. The molecule has 1 unspecified atom stereocenters. The molecule has 0 bridgehead atoms. The van der Waals surface area contributed by atoms with Crippen LogP contribution in [0, 0.1) is 0 Å². The van der Waals surface area contributed by atoms with Crippen LogP contribution in [-0.2, 0) is 4.79 Å². The lowest BCUT2D eigenvalue weighted by Crippen LogP contribution is -2.44. The molecule has 0 radical (unpaired) electrons. The Balaban J connectivity index is 2.41. The first kappa shape index (κ1) is 12.8. The molecule has 1 saturated heterocycles. The number of rotatable bonds is 4. The summed E-state index contributed by atoms with van der Waals surface area (Å²) in [6.45, 7) is 2.80. The molecule has 88 valence electrons. The molecule has 1 fully saturated rings. The molecule has 1 aliphatic heterocycles. The zero-order chi connectivity index (χ0) is 11.5. The lowest BCUT2D eigenvalue weighted by atomic mass is 10.1. The van der Waals surface area contributed by atoms with E-state index in [0.29, 0.717) is 25.9 Å². The van der Waals surface area contributed by atoms with Crippen LogP contribution in [-0.4, -0.2) is 52.7 Å². The first-order valence-corrected chi connectivity index (χ1v) is 6.61. The molecule has 0 aromatic heterocycles. The smallest absolute Gasteiger partial charge is 0.239 e. The molecule has 0 aromatic carbocycles. The van der Waals surface area contributed by atoms with Crippen molar-refractivity contribution in [3.63, 3.8) is 0 Å². The van der Waals surface area contributed by atoms with Crippen LogP contribution in [0.1, 0.15) is 19.8 Å². The third-order valence-electron chi connectivity index (χ3n) is 2.71. The highest BCUT2D eigenvalue weighted by Crippen LogP contribution is 2.20. The normalized spacial score (nSPS) is 28.1. The number of carbonyl (C=O) groups is 1. The fourth-order valence-corrected chi connectivity index (χ4v) is 2.23. The van der Waals surface area contributed by atoms with Gasteiger partial charge in [-0.15, -0.1) is 0 Å². The maximum absolute atomic E-state index is 11.8. The fraction of sp³-hybridized carbons (Fsp3) is 0.900. The number of thioether (sulfide) groups is 1. The standard InChI is InChI=1S/C10H20N2O2S/c1-10(14)4-5-12(7-10)9(13)8(11)3-6-15-2/h8,14H,3-7,11H2,1-2H3/t8-,10?/m0/s1. The van der Waals surface area contributed by atoms with E-state index in [1.54, 1.807) is 23.6 Å². The van der Waals surface area contributed by atoms with Crippen molar-refractivity contribution in [2.75, 3.05) is 25.1 Å². The molecule has 15 heavy (non-hydrogen) atoms. The van der Waals surface area contributed by atoms with Gasteiger partial charge in [-0.3, -0.25) is 4.79 Å². The van der Waals surface area contributed by atoms with Crippen LogP contribution in [0.3, 0.4) is 0 Å². The monoisotopic (exact) mass is 232 g/mol. The minimum Gasteiger partial charge on any atom is -0.388 e. The Morgan fingerprint density at radius 2 is 2.40 bits per heavy atom. The van der Waals surface area contributed by atoms with Gasteiger partial charge in [-0.25, -0.2) is 0 Å². The van der Waals surface area contributed by atoms with Crippen molar-refractivity contribution < 1.29 is 9.90 Å². The number of nitrogens with zero attached hydrogens (tertiary/aromatic N) is 1. The number of carbonyl (C=O) groups excluding carboxylic acids is 1. The van der Waals surface area contributed by atoms with Gasteiger partial charge in [-0.2, -0.15) is 11.8 Å². The summed E-state index contributed by atoms with van der Waals surface area (Å²) in [6, 6.07) is -0.411. The van der Waals surface area contributed by atoms with E-state index in [9.17, 15) is 9.90 Å². The van der Waals surface area contributed by atoms with Gasteiger partial charge < -0.3 is 15.7 Å². The van der Waals surface area contributed by atoms with E-state index in [4.69, 9.17) is 5.73 Å². The van der Waals surface area contributed by atoms with Crippen molar-refractivity contribution in [1.82, 2.24) is 4.90 Å². The summed E-state index contributed by atoms with van der Waals surface area (Å²) in [5, 5.41) is 9.73. The predicted molar refractivity (Wildman–Crippen MR) is 62.8 cm³/mol. The Morgan fingerprint density at radius 3 is 2.87 bits per heavy atom. The average Bonchev–Trinajstić information content (AvgIpc) is 2.54. The number of aliphatic hydroxyl groups is 1. The molecule has 1 rings (SSSR count). The zero-order valence-electron chi connectivity index (χ0n) is 9.40. The molecule has 1 heterocycles. The molecule has 2 atom stereocenters. The second-order valence-corrected chi connectivity index (χ2v) is 5.38. The predicted octanol–water partition coefficient (Wildman–Crippen LogP) is 0.0501. The summed E-state index contributed by atoms with van der Waals surface area (Å²) in [5.74, 6) is 0.874. The van der Waals surface area contributed by atoms with Crippen molar-refractivity contribution in [1.29, 1.82) is 0 Å². The average molecular weight is 232 g/mol. The number of β-amino-alcohol motifs (C(OH)–C–C–N with tert-alkyl or cyclic N) is 1. The number of nitrogens with two attached hydrogens (primary N) is 1. The molecule has 0 aliphatic carbocycles. The first-order valence-electron chi connectivity index (χ1n) is 5.22. The Hall–Kier alpha value is -0.260. The van der Waals surface area contributed by atoms with E-state index < -0.39 is 11.6 Å². The molecule has 0 spiro atoms. The number of hydrogen-bond donors (Lipinski definition) is 2. The highest BCUT2D eigenvalue weighted by atomic mass is 32.2. The molecule has 0 aromatic rings. The lowest BCUT2D eigenvalue weighted by Gasteiger charge is -2.22. The second-order valence-electron chi connectivity index (χ2n) is 4.39. The van der Waals surface area contributed by atoms with E-state index in [1.807, 2.05) is 6.26 Å². The Kier molecular flexibility index (Phi) is 4.43. The summed E-state index contributed by atoms with van der Waals surface area (Å²) in [6.07, 6.45) is 3.35. The van der Waals surface area contributed by atoms with Crippen LogP contribution in [0.2, 0.25) is 0 Å². The summed E-state index contributed by atoms with van der Waals surface area (Å²) >= 11 is 1.69. The first-order chi connectivity index (χ1) is 6.96. The van der Waals surface area contributed by atoms with Crippen molar-refractivity contribution in [3.05, 3.63) is 0 Å². The third kappa shape index (κ3) is 3.66. The van der Waals surface area contributed by atoms with Crippen molar-refractivity contribution in [2.45, 2.75) is 31.4 Å². The van der Waals surface area contributed by atoms with Gasteiger partial charge in [0.25, 0.3) is 0 Å². The molecular formula is C10H20N2O2S. The van der Waals surface area contributed by atoms with Gasteiger partial charge in [-0.1, -0.05) is 0 Å². The summed E-state index contributed by atoms with van der Waals surface area (Å²) in [7, 11) is 0. The van der Waals surface area contributed by atoms with Crippen molar-refractivity contribution in [2.24, 2.45) is 5.73 Å². The van der Waals surface area contributed by atoms with E-state index in [-0.39, 0.29) is 5.91 Å². The highest BCUT2D eigenvalue weighted by molar-refractivity contribution is 7.98. The molecule has 1 amide bonds. The minimum atomic E-state index is -0.727. The molecule has 1 aliphatic rings. The van der Waals surface area contributed by atoms with Crippen molar-refractivity contribution >= 4 is 17.7 Å². The van der Waals surface area contributed by atoms with Gasteiger partial charge in [0.15, 0.2) is 0 Å². The van der Waals surface area contributed by atoms with Gasteiger partial charge in [0.1, 0.15) is 0 Å². The van der Waals surface area contributed by atoms with Gasteiger partial charge >= 0.3 is 0 Å². The van der Waals surface area contributed by atoms with Crippen LogP contribution < -0.4 is 5.73 Å². The quantitative estimate of drug-likeness (QED) is 0.719. The topological polar surface area (TPSA) is 66.6 Å². The minimum absolute atomic E-state index is 0.0261. The van der Waals surface area contributed by atoms with E-state index in [1.165, 1.54) is 0 Å². The number of amides is 1. The molecule has 0 saturated carbocycles. The summed E-state index contributed by atoms with van der Waals surface area (Å²) in [4.78, 5) is 13.5. The second kappa shape index (κ2) is 5.18.